The number of fused-ring (bicyclic) bond motifs is 1. The van der Waals surface area contributed by atoms with Crippen LogP contribution in [0.4, 0.5) is 0 Å². The minimum Gasteiger partial charge on any atom is -0.480 e. The average molecular weight is 1100 g/mol. The van der Waals surface area contributed by atoms with E-state index in [-0.39, 0.29) is 38.6 Å². The highest BCUT2D eigenvalue weighted by molar-refractivity contribution is 6.01. The molecule has 32 nitrogen and oxygen atoms in total. The van der Waals surface area contributed by atoms with Crippen LogP contribution in [0.2, 0.25) is 0 Å². The Morgan fingerprint density at radius 2 is 1.05 bits per heavy atom. The third-order valence-electron chi connectivity index (χ3n) is 12.1. The number of H-pyrrole nitrogens is 1. The molecule has 1 aromatic heterocycles. The Labute approximate surface area is 443 Å². The van der Waals surface area contributed by atoms with Crippen molar-refractivity contribution in [3.05, 3.63) is 36.0 Å². The molecule has 1 saturated heterocycles. The van der Waals surface area contributed by atoms with E-state index in [2.05, 4.69) is 36.9 Å². The highest BCUT2D eigenvalue weighted by Crippen LogP contribution is 2.23. The number of rotatable bonds is 32. The number of para-hydroxylation sites is 1. The molecule has 1 aliphatic heterocycles. The number of benzene rings is 1. The zero-order valence-electron chi connectivity index (χ0n) is 42.5. The molecular formula is C46H67N15O17. The summed E-state index contributed by atoms with van der Waals surface area (Å²) in [5, 5.41) is 45.9. The van der Waals surface area contributed by atoms with Crippen molar-refractivity contribution in [2.75, 3.05) is 6.54 Å². The Kier molecular flexibility index (Phi) is 24.0. The third kappa shape index (κ3) is 19.4. The van der Waals surface area contributed by atoms with Crippen LogP contribution in [-0.2, 0) is 73.5 Å². The van der Waals surface area contributed by atoms with Crippen LogP contribution < -0.4 is 71.6 Å². The van der Waals surface area contributed by atoms with E-state index in [1.807, 2.05) is 5.32 Å². The van der Waals surface area contributed by atoms with Gasteiger partial charge in [0.05, 0.1) is 37.5 Å². The van der Waals surface area contributed by atoms with Crippen LogP contribution in [-0.4, -0.2) is 181 Å². The van der Waals surface area contributed by atoms with Gasteiger partial charge in [-0.25, -0.2) is 4.79 Å². The van der Waals surface area contributed by atoms with Crippen molar-refractivity contribution in [3.63, 3.8) is 0 Å². The summed E-state index contributed by atoms with van der Waals surface area (Å²) in [6, 6.07) is -8.88. The summed E-state index contributed by atoms with van der Waals surface area (Å²) in [7, 11) is 0. The van der Waals surface area contributed by atoms with Gasteiger partial charge >= 0.3 is 5.97 Å². The molecule has 1 aliphatic rings. The molecule has 0 radical (unpaired) electrons. The number of aliphatic hydroxyl groups is 2. The van der Waals surface area contributed by atoms with Crippen LogP contribution >= 0.6 is 0 Å². The molecule has 0 aliphatic carbocycles. The summed E-state index contributed by atoms with van der Waals surface area (Å²) in [5.41, 5.74) is 33.4. The molecule has 1 aromatic carbocycles. The van der Waals surface area contributed by atoms with Crippen LogP contribution in [0.15, 0.2) is 30.5 Å². The van der Waals surface area contributed by atoms with Gasteiger partial charge in [-0.3, -0.25) is 62.3 Å². The second-order valence-corrected chi connectivity index (χ2v) is 18.5. The standard InChI is InChI=1S/C46H67N15O17/c1-19(62)36(44(75)60-37(20(2)63)46(77)78)59-43(74)30-8-5-13-61(30)45(76)29(14-21-18-53-24-7-4-3-6-22(21)24)58-42(73)28(17-35(52)68)57-41(72)27(16-34(51)67)56-40(71)26(15-33(50)66)55-39(70)25(10-12-32(49)65)54-38(69)23(47)9-11-31(48)64/h3-4,6-7,18-20,23,25-30,36-37,53,62-63H,5,8-17,47H2,1-2H3,(H2,48,64)(H2,49,65)(H2,50,66)(H2,51,67)(H2,52,68)(H,54,69)(H,55,70)(H,56,71)(H,57,72)(H,58,73)(H,59,74)(H,60,75)(H,77,78)/t19-,20-,23+,25+,26+,27+,28+,29+,30+,36+,37+/m1/s1. The van der Waals surface area contributed by atoms with Gasteiger partial charge in [0.25, 0.3) is 0 Å². The smallest absolute Gasteiger partial charge is 0.328 e. The molecule has 11 atom stereocenters. The Morgan fingerprint density at radius 3 is 1.53 bits per heavy atom. The number of likely N-dealkylation sites (tertiary alicyclic amines) is 1. The fraction of sp³-hybridized carbons (Fsp3) is 0.522. The SMILES string of the molecule is C[C@@H](O)[C@H](NC(=O)[C@@H](NC(=O)[C@@H]1CCCN1C(=O)[C@H](Cc1c[nH]c2ccccc12)NC(=O)[C@H](CC(N)=O)NC(=O)[C@H](CC(N)=O)NC(=O)[C@H](CC(N)=O)NC(=O)[C@H](CCC(N)=O)NC(=O)[C@@H](N)CCC(N)=O)[C@@H](C)O)C(=O)O. The summed E-state index contributed by atoms with van der Waals surface area (Å²) >= 11 is 0. The quantitative estimate of drug-likeness (QED) is 0.0323. The number of aromatic amines is 1. The van der Waals surface area contributed by atoms with Crippen molar-refractivity contribution in [1.29, 1.82) is 0 Å². The molecular weight excluding hydrogens is 1030 g/mol. The van der Waals surface area contributed by atoms with Gasteiger partial charge in [-0.1, -0.05) is 18.2 Å². The molecule has 2 heterocycles. The van der Waals surface area contributed by atoms with Crippen LogP contribution in [0, 0.1) is 0 Å². The molecule has 428 valence electrons. The summed E-state index contributed by atoms with van der Waals surface area (Å²) in [6.07, 6.45) is -6.36. The number of hydrogen-bond acceptors (Lipinski definition) is 17. The predicted molar refractivity (Wildman–Crippen MR) is 268 cm³/mol. The number of carboxylic acids is 1. The van der Waals surface area contributed by atoms with Crippen molar-refractivity contribution in [2.45, 2.75) is 145 Å². The second kappa shape index (κ2) is 29.5. The van der Waals surface area contributed by atoms with Gasteiger partial charge in [0, 0.05) is 42.9 Å². The Morgan fingerprint density at radius 1 is 0.590 bits per heavy atom. The van der Waals surface area contributed by atoms with E-state index in [9.17, 15) is 82.4 Å². The first-order chi connectivity index (χ1) is 36.5. The van der Waals surface area contributed by atoms with E-state index in [1.165, 1.54) is 6.20 Å². The van der Waals surface area contributed by atoms with E-state index >= 15 is 0 Å². The molecule has 3 rings (SSSR count). The largest absolute Gasteiger partial charge is 0.480 e. The number of aliphatic carboxylic acids is 1. The monoisotopic (exact) mass is 1100 g/mol. The van der Waals surface area contributed by atoms with Gasteiger partial charge in [-0.05, 0) is 51.2 Å². The first kappa shape index (κ1) is 63.5. The number of carbonyl (C=O) groups excluding carboxylic acids is 13. The van der Waals surface area contributed by atoms with Gasteiger partial charge in [-0.2, -0.15) is 0 Å². The van der Waals surface area contributed by atoms with Gasteiger partial charge in [0.15, 0.2) is 6.04 Å². The van der Waals surface area contributed by atoms with Crippen molar-refractivity contribution in [2.24, 2.45) is 34.4 Å². The minimum absolute atomic E-state index is 0.0109. The Hall–Kier alpha value is -8.78. The minimum atomic E-state index is -2.05. The normalized spacial score (nSPS) is 16.9. The first-order valence-electron chi connectivity index (χ1n) is 24.2. The Balaban J connectivity index is 1.95. The van der Waals surface area contributed by atoms with Crippen molar-refractivity contribution in [3.8, 4) is 0 Å². The number of carboxylic acid groups (broad SMARTS) is 1. The number of amides is 13. The lowest BCUT2D eigenvalue weighted by Gasteiger charge is -2.31. The van der Waals surface area contributed by atoms with Gasteiger partial charge in [0.1, 0.15) is 42.3 Å². The third-order valence-corrected chi connectivity index (χ3v) is 12.1. The second-order valence-electron chi connectivity index (χ2n) is 18.5. The number of hydrogen-bond donors (Lipinski definition) is 17. The number of aliphatic hydroxyl groups excluding tert-OH is 2. The summed E-state index contributed by atoms with van der Waals surface area (Å²) < 4.78 is 0. The van der Waals surface area contributed by atoms with Crippen LogP contribution in [0.25, 0.3) is 10.9 Å². The molecule has 23 N–H and O–H groups in total. The topological polar surface area (TPSA) is 559 Å². The lowest BCUT2D eigenvalue weighted by molar-refractivity contribution is -0.146. The molecule has 13 amide bonds. The summed E-state index contributed by atoms with van der Waals surface area (Å²) in [4.78, 5) is 186. The van der Waals surface area contributed by atoms with Crippen LogP contribution in [0.1, 0.15) is 77.2 Å². The van der Waals surface area contributed by atoms with Crippen molar-refractivity contribution < 1.29 is 82.4 Å². The molecule has 78 heavy (non-hydrogen) atoms. The fourth-order valence-electron chi connectivity index (χ4n) is 8.09. The fourth-order valence-corrected chi connectivity index (χ4v) is 8.09. The van der Waals surface area contributed by atoms with Crippen molar-refractivity contribution >= 4 is 93.7 Å². The average Bonchev–Trinajstić information content (AvgIpc) is 4.01. The molecule has 0 saturated carbocycles. The number of nitrogens with zero attached hydrogens (tertiary/aromatic N) is 1. The number of aromatic nitrogens is 1. The molecule has 1 fully saturated rings. The van der Waals surface area contributed by atoms with Gasteiger partial charge in [-0.15, -0.1) is 0 Å². The zero-order valence-corrected chi connectivity index (χ0v) is 42.5. The van der Waals surface area contributed by atoms with E-state index in [4.69, 9.17) is 34.4 Å². The van der Waals surface area contributed by atoms with E-state index in [0.29, 0.717) is 16.5 Å². The number of carbonyl (C=O) groups is 14. The van der Waals surface area contributed by atoms with E-state index in [0.717, 1.165) is 18.7 Å². The molecule has 32 heteroatoms. The molecule has 2 aromatic rings. The zero-order chi connectivity index (χ0) is 58.7. The maximum atomic E-state index is 14.7. The first-order valence-corrected chi connectivity index (χ1v) is 24.2. The lowest BCUT2D eigenvalue weighted by Crippen LogP contribution is -2.62. The maximum absolute atomic E-state index is 14.7. The Bertz CT molecular complexity index is 2610. The van der Waals surface area contributed by atoms with E-state index in [1.54, 1.807) is 24.3 Å². The van der Waals surface area contributed by atoms with E-state index < -0.39 is 181 Å². The van der Waals surface area contributed by atoms with Crippen molar-refractivity contribution in [1.82, 2.24) is 47.1 Å². The predicted octanol–water partition coefficient (Wildman–Crippen LogP) is -8.57. The van der Waals surface area contributed by atoms with Gasteiger partial charge < -0.3 is 96.8 Å². The number of primary amides is 5. The molecule has 0 bridgehead atoms. The van der Waals surface area contributed by atoms with Crippen LogP contribution in [0.5, 0.6) is 0 Å². The highest BCUT2D eigenvalue weighted by atomic mass is 16.4. The van der Waals surface area contributed by atoms with Crippen LogP contribution in [0.3, 0.4) is 0 Å². The highest BCUT2D eigenvalue weighted by Gasteiger charge is 2.42. The summed E-state index contributed by atoms with van der Waals surface area (Å²) in [5.74, 6) is -16.3. The lowest BCUT2D eigenvalue weighted by atomic mass is 10.0. The number of nitrogens with one attached hydrogen (secondary N) is 8. The molecule has 0 spiro atoms. The number of nitrogens with two attached hydrogens (primary N) is 6. The summed E-state index contributed by atoms with van der Waals surface area (Å²) in [6.45, 7) is 2.10. The molecule has 0 unspecified atom stereocenters. The van der Waals surface area contributed by atoms with Gasteiger partial charge in [0.2, 0.25) is 76.8 Å². The maximum Gasteiger partial charge on any atom is 0.328 e.